The van der Waals surface area contributed by atoms with Gasteiger partial charge in [0.05, 0.1) is 7.11 Å². The van der Waals surface area contributed by atoms with Crippen molar-refractivity contribution in [3.8, 4) is 0 Å². The number of nitrogens with one attached hydrogen (secondary N) is 1. The van der Waals surface area contributed by atoms with Gasteiger partial charge in [0.1, 0.15) is 0 Å². The van der Waals surface area contributed by atoms with Crippen LogP contribution in [0.3, 0.4) is 0 Å². The van der Waals surface area contributed by atoms with E-state index in [1.807, 2.05) is 0 Å². The zero-order valence-corrected chi connectivity index (χ0v) is 10.3. The highest BCUT2D eigenvalue weighted by Gasteiger charge is 2.07. The molecule has 1 aromatic carbocycles. The predicted molar refractivity (Wildman–Crippen MR) is 68.4 cm³/mol. The van der Waals surface area contributed by atoms with Gasteiger partial charge in [0.15, 0.2) is 0 Å². The molecule has 15 heavy (non-hydrogen) atoms. The molecule has 0 bridgehead atoms. The van der Waals surface area contributed by atoms with Crippen LogP contribution < -0.4 is 5.32 Å². The Labute approximate surface area is 96.6 Å². The van der Waals surface area contributed by atoms with Crippen molar-refractivity contribution in [2.24, 2.45) is 0 Å². The van der Waals surface area contributed by atoms with Crippen LogP contribution in [0, 0.1) is 0 Å². The molecule has 0 atom stereocenters. The highest BCUT2D eigenvalue weighted by Crippen LogP contribution is 2.22. The van der Waals surface area contributed by atoms with Crippen LogP contribution in [0.2, 0.25) is 0 Å². The number of aryl methyl sites for hydroxylation is 2. The van der Waals surface area contributed by atoms with Crippen LogP contribution in [0.4, 0.5) is 5.69 Å². The molecule has 0 heterocycles. The third-order valence-electron chi connectivity index (χ3n) is 2.41. The number of anilines is 1. The fraction of sp³-hybridized carbons (Fsp3) is 0.417. The Balaban J connectivity index is 3.05. The third-order valence-corrected chi connectivity index (χ3v) is 2.68. The van der Waals surface area contributed by atoms with E-state index in [2.05, 4.69) is 37.4 Å². The molecule has 0 spiro atoms. The molecule has 0 saturated heterocycles. The molecular weight excluding hydrogens is 206 g/mol. The maximum Gasteiger partial charge on any atom is 0.260 e. The first-order valence-corrected chi connectivity index (χ1v) is 5.59. The molecule has 2 nitrogen and oxygen atoms in total. The van der Waals surface area contributed by atoms with E-state index in [1.54, 1.807) is 7.11 Å². The fourth-order valence-electron chi connectivity index (χ4n) is 1.56. The van der Waals surface area contributed by atoms with E-state index in [0.717, 1.165) is 18.5 Å². The Kier molecular flexibility index (Phi) is 4.56. The normalized spacial score (nSPS) is 9.80. The molecule has 0 aliphatic heterocycles. The molecule has 0 fully saturated rings. The second-order valence-corrected chi connectivity index (χ2v) is 3.65. The fourth-order valence-corrected chi connectivity index (χ4v) is 1.66. The summed E-state index contributed by atoms with van der Waals surface area (Å²) in [7, 11) is 1.58. The Morgan fingerprint density at radius 3 is 2.20 bits per heavy atom. The van der Waals surface area contributed by atoms with Crippen molar-refractivity contribution >= 4 is 23.1 Å². The van der Waals surface area contributed by atoms with Crippen LogP contribution >= 0.6 is 12.2 Å². The van der Waals surface area contributed by atoms with Crippen LogP contribution in [0.15, 0.2) is 18.2 Å². The zero-order chi connectivity index (χ0) is 11.3. The molecule has 0 aromatic heterocycles. The van der Waals surface area contributed by atoms with Gasteiger partial charge >= 0.3 is 0 Å². The summed E-state index contributed by atoms with van der Waals surface area (Å²) in [6, 6.07) is 6.30. The Morgan fingerprint density at radius 1 is 1.27 bits per heavy atom. The van der Waals surface area contributed by atoms with E-state index in [9.17, 15) is 0 Å². The lowest BCUT2D eigenvalue weighted by atomic mass is 10.0. The Hall–Kier alpha value is -1.09. The minimum Gasteiger partial charge on any atom is -0.474 e. The summed E-state index contributed by atoms with van der Waals surface area (Å²) in [5, 5.41) is 3.56. The van der Waals surface area contributed by atoms with Gasteiger partial charge < -0.3 is 10.1 Å². The van der Waals surface area contributed by atoms with Crippen LogP contribution in [0.1, 0.15) is 25.0 Å². The van der Waals surface area contributed by atoms with Crippen molar-refractivity contribution in [1.82, 2.24) is 0 Å². The molecule has 0 radical (unpaired) electrons. The van der Waals surface area contributed by atoms with Gasteiger partial charge in [0.2, 0.25) is 0 Å². The maximum atomic E-state index is 5.02. The SMILES string of the molecule is CCc1cccc(CC)c1NC(=S)OC. The smallest absolute Gasteiger partial charge is 0.260 e. The summed E-state index contributed by atoms with van der Waals surface area (Å²) in [5.41, 5.74) is 3.65. The molecule has 0 amide bonds. The highest BCUT2D eigenvalue weighted by atomic mass is 32.1. The summed E-state index contributed by atoms with van der Waals surface area (Å²) in [6.45, 7) is 4.27. The van der Waals surface area contributed by atoms with Crippen molar-refractivity contribution in [3.63, 3.8) is 0 Å². The lowest BCUT2D eigenvalue weighted by molar-refractivity contribution is 0.413. The van der Waals surface area contributed by atoms with Crippen molar-refractivity contribution in [2.45, 2.75) is 26.7 Å². The summed E-state index contributed by atoms with van der Waals surface area (Å²) >= 11 is 5.02. The van der Waals surface area contributed by atoms with Crippen molar-refractivity contribution in [3.05, 3.63) is 29.3 Å². The Morgan fingerprint density at radius 2 is 1.80 bits per heavy atom. The zero-order valence-electron chi connectivity index (χ0n) is 9.46. The largest absolute Gasteiger partial charge is 0.474 e. The van der Waals surface area contributed by atoms with Gasteiger partial charge in [-0.15, -0.1) is 0 Å². The van der Waals surface area contributed by atoms with Gasteiger partial charge in [-0.05, 0) is 36.2 Å². The first-order valence-electron chi connectivity index (χ1n) is 5.18. The molecule has 0 aliphatic carbocycles. The monoisotopic (exact) mass is 223 g/mol. The van der Waals surface area contributed by atoms with E-state index < -0.39 is 0 Å². The third kappa shape index (κ3) is 2.93. The van der Waals surface area contributed by atoms with Crippen LogP contribution in [-0.4, -0.2) is 12.3 Å². The first kappa shape index (κ1) is 12.0. The number of para-hydroxylation sites is 1. The topological polar surface area (TPSA) is 21.3 Å². The highest BCUT2D eigenvalue weighted by molar-refractivity contribution is 7.80. The molecule has 1 aromatic rings. The molecule has 82 valence electrons. The number of benzene rings is 1. The van der Waals surface area contributed by atoms with Gasteiger partial charge in [0.25, 0.3) is 5.17 Å². The van der Waals surface area contributed by atoms with E-state index >= 15 is 0 Å². The predicted octanol–water partition coefficient (Wildman–Crippen LogP) is 3.15. The molecule has 1 rings (SSSR count). The maximum absolute atomic E-state index is 5.02. The minimum atomic E-state index is 0.422. The molecule has 0 aliphatic rings. The number of hydrogen-bond donors (Lipinski definition) is 1. The quantitative estimate of drug-likeness (QED) is 0.795. The van der Waals surface area contributed by atoms with Crippen LogP contribution in [0.25, 0.3) is 0 Å². The molecule has 1 N–H and O–H groups in total. The van der Waals surface area contributed by atoms with Gasteiger partial charge in [-0.25, -0.2) is 0 Å². The van der Waals surface area contributed by atoms with Crippen molar-refractivity contribution in [1.29, 1.82) is 0 Å². The van der Waals surface area contributed by atoms with E-state index in [-0.39, 0.29) is 0 Å². The molecule has 0 unspecified atom stereocenters. The van der Waals surface area contributed by atoms with E-state index in [4.69, 9.17) is 17.0 Å². The van der Waals surface area contributed by atoms with Gasteiger partial charge in [-0.1, -0.05) is 32.0 Å². The van der Waals surface area contributed by atoms with Crippen molar-refractivity contribution in [2.75, 3.05) is 12.4 Å². The number of rotatable bonds is 3. The number of hydrogen-bond acceptors (Lipinski definition) is 2. The Bertz CT molecular complexity index is 327. The average Bonchev–Trinajstić information content (AvgIpc) is 2.29. The summed E-state index contributed by atoms with van der Waals surface area (Å²) < 4.78 is 4.97. The van der Waals surface area contributed by atoms with Crippen LogP contribution in [-0.2, 0) is 17.6 Å². The van der Waals surface area contributed by atoms with Crippen molar-refractivity contribution < 1.29 is 4.74 Å². The summed E-state index contributed by atoms with van der Waals surface area (Å²) in [4.78, 5) is 0. The minimum absolute atomic E-state index is 0.422. The summed E-state index contributed by atoms with van der Waals surface area (Å²) in [5.74, 6) is 0. The molecule has 0 saturated carbocycles. The van der Waals surface area contributed by atoms with Gasteiger partial charge in [0, 0.05) is 5.69 Å². The lowest BCUT2D eigenvalue weighted by Gasteiger charge is -2.14. The van der Waals surface area contributed by atoms with E-state index in [1.165, 1.54) is 11.1 Å². The average molecular weight is 223 g/mol. The molecular formula is C12H17NOS. The number of methoxy groups -OCH3 is 1. The van der Waals surface area contributed by atoms with Gasteiger partial charge in [-0.2, -0.15) is 0 Å². The lowest BCUT2D eigenvalue weighted by Crippen LogP contribution is -2.13. The second-order valence-electron chi connectivity index (χ2n) is 3.27. The van der Waals surface area contributed by atoms with Gasteiger partial charge in [-0.3, -0.25) is 0 Å². The summed E-state index contributed by atoms with van der Waals surface area (Å²) in [6.07, 6.45) is 1.98. The standard InChI is InChI=1S/C12H17NOS/c1-4-9-7-6-8-10(5-2)11(9)13-12(15)14-3/h6-8H,4-5H2,1-3H3,(H,13,15). The van der Waals surface area contributed by atoms with Crippen LogP contribution in [0.5, 0.6) is 0 Å². The second kappa shape index (κ2) is 5.71. The number of thiocarbonyl (C=S) groups is 1. The number of ether oxygens (including phenoxy) is 1. The van der Waals surface area contributed by atoms with E-state index in [0.29, 0.717) is 5.17 Å². The molecule has 3 heteroatoms. The first-order chi connectivity index (χ1) is 7.22.